The number of carbonyl (C=O) groups is 2. The van der Waals surface area contributed by atoms with Gasteiger partial charge in [-0.2, -0.15) is 0 Å². The number of nitrogens with one attached hydrogen (secondary N) is 3. The molecule has 1 atom stereocenters. The third-order valence-corrected chi connectivity index (χ3v) is 3.04. The summed E-state index contributed by atoms with van der Waals surface area (Å²) in [4.78, 5) is 22.0. The van der Waals surface area contributed by atoms with E-state index in [9.17, 15) is 9.59 Å². The molecule has 0 aliphatic carbocycles. The van der Waals surface area contributed by atoms with Gasteiger partial charge in [-0.1, -0.05) is 6.08 Å². The van der Waals surface area contributed by atoms with E-state index in [1.54, 1.807) is 6.08 Å². The smallest absolute Gasteiger partial charge is 0.255 e. The van der Waals surface area contributed by atoms with Gasteiger partial charge in [0.2, 0.25) is 6.41 Å². The molecule has 0 bridgehead atoms. The fraction of sp³-hybridized carbons (Fsp3) is 0.692. The van der Waals surface area contributed by atoms with Crippen LogP contribution in [0.25, 0.3) is 0 Å². The minimum Gasteiger partial charge on any atom is -0.317 e. The zero-order chi connectivity index (χ0) is 13.9. The molecule has 0 spiro atoms. The first kappa shape index (κ1) is 15.7. The first-order valence-electron chi connectivity index (χ1n) is 6.85. The number of hydrazine groups is 1. The van der Waals surface area contributed by atoms with Gasteiger partial charge in [0.15, 0.2) is 0 Å². The lowest BCUT2D eigenvalue weighted by Crippen LogP contribution is -2.48. The van der Waals surface area contributed by atoms with Crippen molar-refractivity contribution in [2.75, 3.05) is 26.2 Å². The van der Waals surface area contributed by atoms with E-state index in [2.05, 4.69) is 22.6 Å². The second-order valence-corrected chi connectivity index (χ2v) is 4.63. The molecule has 2 aliphatic rings. The predicted molar refractivity (Wildman–Crippen MR) is 74.2 cm³/mol. The Bertz CT molecular complexity index is 279. The van der Waals surface area contributed by atoms with Crippen molar-refractivity contribution < 1.29 is 9.59 Å². The maximum Gasteiger partial charge on any atom is 0.255 e. The van der Waals surface area contributed by atoms with Gasteiger partial charge in [0.05, 0.1) is 12.6 Å². The molecule has 2 rings (SSSR count). The standard InChI is InChI=1S/C9H15N3O2.C4H9N/c1-2-6-12(7-13)11-9(14)8-4-3-5-10-8;1-2-4-5-3-1/h2,7-8,10H,1,3-6H2,(H,11,14);5H,1-4H2. The average molecular weight is 268 g/mol. The molecule has 19 heavy (non-hydrogen) atoms. The quantitative estimate of drug-likeness (QED) is 0.366. The molecule has 6 nitrogen and oxygen atoms in total. The molecule has 2 aliphatic heterocycles. The number of hydrogen-bond acceptors (Lipinski definition) is 4. The molecule has 2 saturated heterocycles. The zero-order valence-corrected chi connectivity index (χ0v) is 11.4. The molecule has 2 fully saturated rings. The molecule has 0 aromatic carbocycles. The van der Waals surface area contributed by atoms with Crippen molar-refractivity contribution in [3.05, 3.63) is 12.7 Å². The number of amides is 2. The highest BCUT2D eigenvalue weighted by molar-refractivity contribution is 5.82. The van der Waals surface area contributed by atoms with Gasteiger partial charge in [-0.3, -0.25) is 20.0 Å². The first-order valence-corrected chi connectivity index (χ1v) is 6.85. The molecule has 1 unspecified atom stereocenters. The van der Waals surface area contributed by atoms with Crippen molar-refractivity contribution in [2.24, 2.45) is 0 Å². The normalized spacial score (nSPS) is 21.2. The summed E-state index contributed by atoms with van der Waals surface area (Å²) in [6, 6.07) is -0.165. The molecule has 0 radical (unpaired) electrons. The molecule has 3 N–H and O–H groups in total. The molecule has 2 amide bonds. The Labute approximate surface area is 114 Å². The maximum atomic E-state index is 11.5. The van der Waals surface area contributed by atoms with E-state index in [0.29, 0.717) is 13.0 Å². The lowest BCUT2D eigenvalue weighted by Gasteiger charge is -2.18. The summed E-state index contributed by atoms with van der Waals surface area (Å²) in [6.07, 6.45) is 6.73. The fourth-order valence-electron chi connectivity index (χ4n) is 2.01. The molecule has 0 aromatic rings. The molecule has 6 heteroatoms. The minimum absolute atomic E-state index is 0.156. The highest BCUT2D eigenvalue weighted by Crippen LogP contribution is 2.04. The molecular formula is C13H24N4O2. The summed E-state index contributed by atoms with van der Waals surface area (Å²) in [5, 5.41) is 7.45. The Morgan fingerprint density at radius 2 is 2.05 bits per heavy atom. The van der Waals surface area contributed by atoms with Crippen LogP contribution in [0.5, 0.6) is 0 Å². The Balaban J connectivity index is 0.000000300. The first-order chi connectivity index (χ1) is 9.27. The van der Waals surface area contributed by atoms with Crippen LogP contribution in [0.2, 0.25) is 0 Å². The number of rotatable bonds is 5. The third kappa shape index (κ3) is 6.35. The number of hydrogen-bond donors (Lipinski definition) is 3. The van der Waals surface area contributed by atoms with Crippen LogP contribution in [0.15, 0.2) is 12.7 Å². The second kappa shape index (κ2) is 9.52. The Hall–Kier alpha value is -1.40. The molecule has 108 valence electrons. The molecular weight excluding hydrogens is 244 g/mol. The van der Waals surface area contributed by atoms with Crippen molar-refractivity contribution in [1.29, 1.82) is 0 Å². The van der Waals surface area contributed by atoms with Crippen LogP contribution in [0, 0.1) is 0 Å². The van der Waals surface area contributed by atoms with Gasteiger partial charge in [0, 0.05) is 0 Å². The van der Waals surface area contributed by atoms with Crippen LogP contribution >= 0.6 is 0 Å². The third-order valence-electron chi connectivity index (χ3n) is 3.04. The summed E-state index contributed by atoms with van der Waals surface area (Å²) >= 11 is 0. The Morgan fingerprint density at radius 1 is 1.32 bits per heavy atom. The summed E-state index contributed by atoms with van der Waals surface area (Å²) in [7, 11) is 0. The Kier molecular flexibility index (Phi) is 7.84. The van der Waals surface area contributed by atoms with Gasteiger partial charge >= 0.3 is 0 Å². The van der Waals surface area contributed by atoms with Crippen molar-refractivity contribution in [3.63, 3.8) is 0 Å². The van der Waals surface area contributed by atoms with Crippen LogP contribution in [-0.4, -0.2) is 49.5 Å². The highest BCUT2D eigenvalue weighted by atomic mass is 16.2. The average Bonchev–Trinajstić information content (AvgIpc) is 3.12. The Morgan fingerprint density at radius 3 is 2.47 bits per heavy atom. The highest BCUT2D eigenvalue weighted by Gasteiger charge is 2.22. The number of nitrogens with zero attached hydrogens (tertiary/aromatic N) is 1. The van der Waals surface area contributed by atoms with Gasteiger partial charge < -0.3 is 10.6 Å². The molecule has 2 heterocycles. The van der Waals surface area contributed by atoms with E-state index >= 15 is 0 Å². The summed E-state index contributed by atoms with van der Waals surface area (Å²) < 4.78 is 0. The van der Waals surface area contributed by atoms with Crippen molar-refractivity contribution in [1.82, 2.24) is 21.1 Å². The largest absolute Gasteiger partial charge is 0.317 e. The van der Waals surface area contributed by atoms with Gasteiger partial charge in [-0.05, 0) is 45.3 Å². The van der Waals surface area contributed by atoms with Crippen LogP contribution in [-0.2, 0) is 9.59 Å². The van der Waals surface area contributed by atoms with Gasteiger partial charge in [0.1, 0.15) is 0 Å². The van der Waals surface area contributed by atoms with Gasteiger partial charge in [-0.25, -0.2) is 0 Å². The van der Waals surface area contributed by atoms with E-state index in [4.69, 9.17) is 0 Å². The van der Waals surface area contributed by atoms with Crippen LogP contribution in [0.4, 0.5) is 0 Å². The van der Waals surface area contributed by atoms with Crippen molar-refractivity contribution in [3.8, 4) is 0 Å². The van der Waals surface area contributed by atoms with Crippen molar-refractivity contribution in [2.45, 2.75) is 31.7 Å². The second-order valence-electron chi connectivity index (χ2n) is 4.63. The summed E-state index contributed by atoms with van der Waals surface area (Å²) in [6.45, 7) is 7.17. The molecule has 0 saturated carbocycles. The minimum atomic E-state index is -0.165. The van der Waals surface area contributed by atoms with E-state index < -0.39 is 0 Å². The van der Waals surface area contributed by atoms with E-state index in [1.807, 2.05) is 0 Å². The van der Waals surface area contributed by atoms with E-state index in [1.165, 1.54) is 30.9 Å². The maximum absolute atomic E-state index is 11.5. The fourth-order valence-corrected chi connectivity index (χ4v) is 2.01. The van der Waals surface area contributed by atoms with Gasteiger partial charge in [0.25, 0.3) is 5.91 Å². The number of carbonyl (C=O) groups excluding carboxylic acids is 2. The molecule has 0 aromatic heterocycles. The van der Waals surface area contributed by atoms with E-state index in [-0.39, 0.29) is 11.9 Å². The lowest BCUT2D eigenvalue weighted by atomic mass is 10.2. The van der Waals surface area contributed by atoms with Crippen LogP contribution in [0.3, 0.4) is 0 Å². The summed E-state index contributed by atoms with van der Waals surface area (Å²) in [5.41, 5.74) is 2.50. The zero-order valence-electron chi connectivity index (χ0n) is 11.4. The van der Waals surface area contributed by atoms with Gasteiger partial charge in [-0.15, -0.1) is 6.58 Å². The van der Waals surface area contributed by atoms with Crippen LogP contribution < -0.4 is 16.1 Å². The SMILES string of the molecule is C1CCNC1.C=CCN(C=O)NC(=O)C1CCCN1. The summed E-state index contributed by atoms with van der Waals surface area (Å²) in [5.74, 6) is -0.156. The van der Waals surface area contributed by atoms with Crippen LogP contribution in [0.1, 0.15) is 25.7 Å². The van der Waals surface area contributed by atoms with E-state index in [0.717, 1.165) is 19.4 Å². The predicted octanol–water partition coefficient (Wildman–Crippen LogP) is -0.216. The topological polar surface area (TPSA) is 73.5 Å². The monoisotopic (exact) mass is 268 g/mol. The van der Waals surface area contributed by atoms with Crippen molar-refractivity contribution >= 4 is 12.3 Å². The lowest BCUT2D eigenvalue weighted by molar-refractivity contribution is -0.134.